The van der Waals surface area contributed by atoms with E-state index in [1.54, 1.807) is 0 Å². The summed E-state index contributed by atoms with van der Waals surface area (Å²) in [6, 6.07) is 0. The molecule has 3 heteroatoms. The Morgan fingerprint density at radius 3 is 2.33 bits per heavy atom. The van der Waals surface area contributed by atoms with Gasteiger partial charge in [-0.1, -0.05) is 0 Å². The fraction of sp³-hybridized carbons (Fsp3) is 1.00. The summed E-state index contributed by atoms with van der Waals surface area (Å²) in [6.45, 7) is 3.48. The van der Waals surface area contributed by atoms with Crippen molar-refractivity contribution in [2.45, 2.75) is 19.3 Å². The van der Waals surface area contributed by atoms with E-state index in [1.807, 2.05) is 0 Å². The predicted molar refractivity (Wildman–Crippen MR) is 52.4 cm³/mol. The largest absolute Gasteiger partial charge is 0.396 e. The van der Waals surface area contributed by atoms with Crippen LogP contribution in [0, 0.1) is 0 Å². The highest BCUT2D eigenvalue weighted by Gasteiger charge is 1.90. The molecule has 0 saturated heterocycles. The molecule has 0 bridgehead atoms. The van der Waals surface area contributed by atoms with Crippen molar-refractivity contribution in [1.29, 1.82) is 0 Å². The van der Waals surface area contributed by atoms with Gasteiger partial charge in [-0.15, -0.1) is 0 Å². The van der Waals surface area contributed by atoms with E-state index in [4.69, 9.17) is 5.11 Å². The second kappa shape index (κ2) is 8.97. The zero-order chi connectivity index (χ0) is 9.23. The maximum Gasteiger partial charge on any atom is 0.0443 e. The molecule has 0 spiro atoms. The van der Waals surface area contributed by atoms with Crippen molar-refractivity contribution in [3.8, 4) is 0 Å². The molecule has 0 aliphatic heterocycles. The van der Waals surface area contributed by atoms with Crippen LogP contribution in [0.15, 0.2) is 0 Å². The van der Waals surface area contributed by atoms with Crippen molar-refractivity contribution in [3.05, 3.63) is 0 Å². The smallest absolute Gasteiger partial charge is 0.0443 e. The molecule has 0 atom stereocenters. The summed E-state index contributed by atoms with van der Waals surface area (Å²) in [7, 11) is 4.19. The Morgan fingerprint density at radius 1 is 1.08 bits per heavy atom. The van der Waals surface area contributed by atoms with Crippen LogP contribution in [0.2, 0.25) is 0 Å². The summed E-state index contributed by atoms with van der Waals surface area (Å²) in [5.74, 6) is 0. The second-order valence-electron chi connectivity index (χ2n) is 3.34. The van der Waals surface area contributed by atoms with Crippen LogP contribution in [0.5, 0.6) is 0 Å². The Kier molecular flexibility index (Phi) is 8.88. The van der Waals surface area contributed by atoms with E-state index in [0.717, 1.165) is 19.5 Å². The van der Waals surface area contributed by atoms with Gasteiger partial charge in [0.15, 0.2) is 0 Å². The zero-order valence-corrected chi connectivity index (χ0v) is 8.34. The molecule has 0 aromatic carbocycles. The van der Waals surface area contributed by atoms with Crippen molar-refractivity contribution >= 4 is 0 Å². The standard InChI is InChI=1S/C9H22N2O/c1-11(2)8-4-3-6-10-7-5-9-12/h10,12H,3-9H2,1-2H3. The molecule has 3 nitrogen and oxygen atoms in total. The van der Waals surface area contributed by atoms with E-state index in [9.17, 15) is 0 Å². The zero-order valence-electron chi connectivity index (χ0n) is 8.34. The molecule has 0 fully saturated rings. The molecule has 0 aliphatic rings. The summed E-state index contributed by atoms with van der Waals surface area (Å²) in [5.41, 5.74) is 0. The molecule has 0 radical (unpaired) electrons. The Morgan fingerprint density at radius 2 is 1.75 bits per heavy atom. The Balaban J connectivity index is 2.82. The van der Waals surface area contributed by atoms with Gasteiger partial charge in [-0.3, -0.25) is 0 Å². The van der Waals surface area contributed by atoms with Crippen molar-refractivity contribution in [2.75, 3.05) is 40.3 Å². The van der Waals surface area contributed by atoms with Crippen LogP contribution in [0.25, 0.3) is 0 Å². The van der Waals surface area contributed by atoms with Gasteiger partial charge in [-0.25, -0.2) is 0 Å². The first kappa shape index (κ1) is 11.9. The molecule has 0 aromatic heterocycles. The molecular formula is C9H22N2O. The van der Waals surface area contributed by atoms with Crippen molar-refractivity contribution in [2.24, 2.45) is 0 Å². The number of rotatable bonds is 8. The number of nitrogens with zero attached hydrogens (tertiary/aromatic N) is 1. The fourth-order valence-corrected chi connectivity index (χ4v) is 1.01. The van der Waals surface area contributed by atoms with Crippen LogP contribution in [-0.4, -0.2) is 50.3 Å². The Hall–Kier alpha value is -0.120. The van der Waals surface area contributed by atoms with Crippen molar-refractivity contribution < 1.29 is 5.11 Å². The lowest BCUT2D eigenvalue weighted by atomic mass is 10.3. The van der Waals surface area contributed by atoms with Crippen molar-refractivity contribution in [3.63, 3.8) is 0 Å². The average Bonchev–Trinajstić information content (AvgIpc) is 2.02. The summed E-state index contributed by atoms with van der Waals surface area (Å²) < 4.78 is 0. The molecule has 0 saturated carbocycles. The van der Waals surface area contributed by atoms with Gasteiger partial charge in [0.25, 0.3) is 0 Å². The van der Waals surface area contributed by atoms with E-state index in [-0.39, 0.29) is 0 Å². The van der Waals surface area contributed by atoms with Gasteiger partial charge < -0.3 is 15.3 Å². The monoisotopic (exact) mass is 174 g/mol. The molecule has 0 unspecified atom stereocenters. The average molecular weight is 174 g/mol. The molecule has 0 rings (SSSR count). The van der Waals surface area contributed by atoms with Gasteiger partial charge in [0, 0.05) is 6.61 Å². The van der Waals surface area contributed by atoms with E-state index in [1.165, 1.54) is 19.4 Å². The number of hydrogen-bond acceptors (Lipinski definition) is 3. The number of nitrogens with one attached hydrogen (secondary N) is 1. The van der Waals surface area contributed by atoms with E-state index >= 15 is 0 Å². The highest BCUT2D eigenvalue weighted by atomic mass is 16.3. The highest BCUT2D eigenvalue weighted by Crippen LogP contribution is 1.88. The minimum absolute atomic E-state index is 0.296. The number of hydrogen-bond donors (Lipinski definition) is 2. The van der Waals surface area contributed by atoms with Gasteiger partial charge in [0.05, 0.1) is 0 Å². The predicted octanol–water partition coefficient (Wildman–Crippen LogP) is 0.300. The molecule has 0 heterocycles. The van der Waals surface area contributed by atoms with E-state index in [2.05, 4.69) is 24.3 Å². The third-order valence-corrected chi connectivity index (χ3v) is 1.72. The quantitative estimate of drug-likeness (QED) is 0.520. The Bertz CT molecular complexity index is 86.6. The van der Waals surface area contributed by atoms with Crippen LogP contribution < -0.4 is 5.32 Å². The number of aliphatic hydroxyl groups is 1. The minimum Gasteiger partial charge on any atom is -0.396 e. The topological polar surface area (TPSA) is 35.5 Å². The summed E-state index contributed by atoms with van der Waals surface area (Å²) in [5, 5.41) is 11.8. The van der Waals surface area contributed by atoms with Gasteiger partial charge in [0.1, 0.15) is 0 Å². The first-order valence-electron chi connectivity index (χ1n) is 4.73. The lowest BCUT2D eigenvalue weighted by Gasteiger charge is -2.08. The van der Waals surface area contributed by atoms with Gasteiger partial charge in [-0.2, -0.15) is 0 Å². The van der Waals surface area contributed by atoms with E-state index in [0.29, 0.717) is 6.61 Å². The maximum atomic E-state index is 8.50. The molecule has 0 aromatic rings. The molecule has 0 aliphatic carbocycles. The van der Waals surface area contributed by atoms with Crippen LogP contribution in [0.1, 0.15) is 19.3 Å². The summed E-state index contributed by atoms with van der Waals surface area (Å²) in [4.78, 5) is 2.20. The second-order valence-corrected chi connectivity index (χ2v) is 3.34. The highest BCUT2D eigenvalue weighted by molar-refractivity contribution is 4.50. The van der Waals surface area contributed by atoms with Crippen molar-refractivity contribution in [1.82, 2.24) is 10.2 Å². The van der Waals surface area contributed by atoms with Crippen LogP contribution in [-0.2, 0) is 0 Å². The lowest BCUT2D eigenvalue weighted by molar-refractivity contribution is 0.286. The van der Waals surface area contributed by atoms with Gasteiger partial charge in [-0.05, 0) is 53.0 Å². The number of aliphatic hydroxyl groups excluding tert-OH is 1. The van der Waals surface area contributed by atoms with E-state index < -0.39 is 0 Å². The first-order valence-corrected chi connectivity index (χ1v) is 4.73. The SMILES string of the molecule is CN(C)CCCCNCCCO. The molecule has 12 heavy (non-hydrogen) atoms. The van der Waals surface area contributed by atoms with Gasteiger partial charge in [0.2, 0.25) is 0 Å². The fourth-order valence-electron chi connectivity index (χ4n) is 1.01. The third kappa shape index (κ3) is 9.88. The normalized spacial score (nSPS) is 11.0. The van der Waals surface area contributed by atoms with Crippen LogP contribution in [0.3, 0.4) is 0 Å². The molecule has 74 valence electrons. The molecule has 0 amide bonds. The number of unbranched alkanes of at least 4 members (excludes halogenated alkanes) is 1. The summed E-state index contributed by atoms with van der Waals surface area (Å²) >= 11 is 0. The maximum absolute atomic E-state index is 8.50. The molecular weight excluding hydrogens is 152 g/mol. The molecule has 2 N–H and O–H groups in total. The van der Waals surface area contributed by atoms with Crippen LogP contribution >= 0.6 is 0 Å². The van der Waals surface area contributed by atoms with Crippen LogP contribution in [0.4, 0.5) is 0 Å². The lowest BCUT2D eigenvalue weighted by Crippen LogP contribution is -2.19. The van der Waals surface area contributed by atoms with Gasteiger partial charge >= 0.3 is 0 Å². The Labute approximate surface area is 75.8 Å². The minimum atomic E-state index is 0.296. The first-order chi connectivity index (χ1) is 5.77. The summed E-state index contributed by atoms with van der Waals surface area (Å²) in [6.07, 6.45) is 3.34. The third-order valence-electron chi connectivity index (χ3n) is 1.72.